The number of hydrogen-bond acceptors (Lipinski definition) is 4. The first kappa shape index (κ1) is 13.3. The maximum atomic E-state index is 6.33. The summed E-state index contributed by atoms with van der Waals surface area (Å²) in [6, 6.07) is 3.71. The van der Waals surface area contributed by atoms with E-state index in [4.69, 9.17) is 16.3 Å². The standard InChI is InChI=1S/C13H15ClN2OS/c1-8-7-18-13(10(8)14)12(15-2)11-9(17-3)5-4-6-16-11/h4-7,12,15H,1-3H3. The van der Waals surface area contributed by atoms with Gasteiger partial charge in [0.2, 0.25) is 0 Å². The van der Waals surface area contributed by atoms with E-state index in [1.54, 1.807) is 24.6 Å². The average molecular weight is 283 g/mol. The summed E-state index contributed by atoms with van der Waals surface area (Å²) >= 11 is 7.96. The van der Waals surface area contributed by atoms with Gasteiger partial charge in [-0.1, -0.05) is 11.6 Å². The van der Waals surface area contributed by atoms with Gasteiger partial charge in [-0.2, -0.15) is 0 Å². The summed E-state index contributed by atoms with van der Waals surface area (Å²) in [6.07, 6.45) is 1.76. The Balaban J connectivity index is 2.48. The average Bonchev–Trinajstić information content (AvgIpc) is 2.73. The molecule has 2 heterocycles. The molecule has 0 aliphatic heterocycles. The number of hydrogen-bond donors (Lipinski definition) is 1. The van der Waals surface area contributed by atoms with Crippen LogP contribution in [-0.2, 0) is 0 Å². The van der Waals surface area contributed by atoms with Crippen molar-refractivity contribution in [3.63, 3.8) is 0 Å². The fraction of sp³-hybridized carbons (Fsp3) is 0.308. The van der Waals surface area contributed by atoms with Crippen molar-refractivity contribution in [3.8, 4) is 5.75 Å². The number of nitrogens with one attached hydrogen (secondary N) is 1. The number of nitrogens with zero attached hydrogens (tertiary/aromatic N) is 1. The minimum absolute atomic E-state index is 0.0488. The highest BCUT2D eigenvalue weighted by Crippen LogP contribution is 2.37. The highest BCUT2D eigenvalue weighted by molar-refractivity contribution is 7.10. The molecule has 0 saturated carbocycles. The van der Waals surface area contributed by atoms with Crippen LogP contribution in [-0.4, -0.2) is 19.1 Å². The van der Waals surface area contributed by atoms with Gasteiger partial charge in [0, 0.05) is 11.1 Å². The van der Waals surface area contributed by atoms with E-state index in [9.17, 15) is 0 Å². The molecular weight excluding hydrogens is 268 g/mol. The van der Waals surface area contributed by atoms with Gasteiger partial charge in [0.1, 0.15) is 11.4 Å². The van der Waals surface area contributed by atoms with Crippen molar-refractivity contribution in [1.82, 2.24) is 10.3 Å². The zero-order chi connectivity index (χ0) is 13.1. The summed E-state index contributed by atoms with van der Waals surface area (Å²) in [5.41, 5.74) is 1.94. The van der Waals surface area contributed by atoms with Crippen LogP contribution in [0.3, 0.4) is 0 Å². The van der Waals surface area contributed by atoms with Gasteiger partial charge >= 0.3 is 0 Å². The van der Waals surface area contributed by atoms with Gasteiger partial charge in [-0.25, -0.2) is 0 Å². The Kier molecular flexibility index (Phi) is 4.22. The lowest BCUT2D eigenvalue weighted by Gasteiger charge is -2.17. The van der Waals surface area contributed by atoms with Crippen molar-refractivity contribution < 1.29 is 4.74 Å². The molecule has 0 aliphatic rings. The van der Waals surface area contributed by atoms with Crippen LogP contribution in [0.15, 0.2) is 23.7 Å². The maximum absolute atomic E-state index is 6.33. The van der Waals surface area contributed by atoms with Crippen LogP contribution in [0.25, 0.3) is 0 Å². The smallest absolute Gasteiger partial charge is 0.142 e. The number of thiophene rings is 1. The Morgan fingerprint density at radius 2 is 2.28 bits per heavy atom. The Bertz CT molecular complexity index is 542. The second-order valence-electron chi connectivity index (χ2n) is 3.91. The molecule has 5 heteroatoms. The Hall–Kier alpha value is -1.10. The number of aryl methyl sites for hydroxylation is 1. The predicted octanol–water partition coefficient (Wildman–Crippen LogP) is 3.42. The molecule has 2 aromatic heterocycles. The van der Waals surface area contributed by atoms with Crippen molar-refractivity contribution in [2.45, 2.75) is 13.0 Å². The molecule has 96 valence electrons. The van der Waals surface area contributed by atoms with Crippen LogP contribution in [0.1, 0.15) is 22.2 Å². The molecule has 0 fully saturated rings. The minimum atomic E-state index is -0.0488. The molecular formula is C13H15ClN2OS. The summed E-state index contributed by atoms with van der Waals surface area (Å²) in [5.74, 6) is 0.763. The van der Waals surface area contributed by atoms with Crippen LogP contribution >= 0.6 is 22.9 Å². The number of aromatic nitrogens is 1. The molecule has 0 radical (unpaired) electrons. The van der Waals surface area contributed by atoms with Crippen molar-refractivity contribution in [1.29, 1.82) is 0 Å². The topological polar surface area (TPSA) is 34.2 Å². The third-order valence-corrected chi connectivity index (χ3v) is 4.55. The van der Waals surface area contributed by atoms with E-state index < -0.39 is 0 Å². The van der Waals surface area contributed by atoms with Crippen LogP contribution in [0.2, 0.25) is 5.02 Å². The van der Waals surface area contributed by atoms with Gasteiger partial charge in [0.15, 0.2) is 0 Å². The van der Waals surface area contributed by atoms with Crippen molar-refractivity contribution in [2.24, 2.45) is 0 Å². The largest absolute Gasteiger partial charge is 0.495 e. The van der Waals surface area contributed by atoms with Crippen molar-refractivity contribution in [2.75, 3.05) is 14.2 Å². The van der Waals surface area contributed by atoms with Crippen molar-refractivity contribution in [3.05, 3.63) is 44.9 Å². The summed E-state index contributed by atoms with van der Waals surface area (Å²) < 4.78 is 5.36. The van der Waals surface area contributed by atoms with E-state index in [0.29, 0.717) is 0 Å². The lowest BCUT2D eigenvalue weighted by Crippen LogP contribution is -2.19. The monoisotopic (exact) mass is 282 g/mol. The summed E-state index contributed by atoms with van der Waals surface area (Å²) in [6.45, 7) is 2.00. The molecule has 18 heavy (non-hydrogen) atoms. The van der Waals surface area contributed by atoms with Gasteiger partial charge in [-0.3, -0.25) is 4.98 Å². The van der Waals surface area contributed by atoms with Gasteiger partial charge in [-0.05, 0) is 37.0 Å². The van der Waals surface area contributed by atoms with Gasteiger partial charge in [0.25, 0.3) is 0 Å². The zero-order valence-corrected chi connectivity index (χ0v) is 12.1. The molecule has 1 N–H and O–H groups in total. The summed E-state index contributed by atoms with van der Waals surface area (Å²) in [4.78, 5) is 5.47. The molecule has 0 bridgehead atoms. The molecule has 1 unspecified atom stereocenters. The SMILES string of the molecule is CNC(c1ncccc1OC)c1scc(C)c1Cl. The fourth-order valence-electron chi connectivity index (χ4n) is 1.83. The molecule has 2 aromatic rings. The van der Waals surface area contributed by atoms with E-state index >= 15 is 0 Å². The first-order valence-electron chi connectivity index (χ1n) is 5.58. The summed E-state index contributed by atoms with van der Waals surface area (Å²) in [7, 11) is 3.54. The van der Waals surface area contributed by atoms with Crippen LogP contribution < -0.4 is 10.1 Å². The first-order valence-corrected chi connectivity index (χ1v) is 6.84. The van der Waals surface area contributed by atoms with E-state index in [0.717, 1.165) is 26.9 Å². The molecule has 0 spiro atoms. The molecule has 3 nitrogen and oxygen atoms in total. The van der Waals surface area contributed by atoms with Crippen LogP contribution in [0, 0.1) is 6.92 Å². The highest BCUT2D eigenvalue weighted by atomic mass is 35.5. The number of halogens is 1. The second kappa shape index (κ2) is 5.69. The normalized spacial score (nSPS) is 12.4. The Labute approximate surface area is 116 Å². The van der Waals surface area contributed by atoms with Gasteiger partial charge in [-0.15, -0.1) is 11.3 Å². The van der Waals surface area contributed by atoms with E-state index in [1.165, 1.54) is 0 Å². The predicted molar refractivity (Wildman–Crippen MR) is 75.8 cm³/mol. The number of ether oxygens (including phenoxy) is 1. The molecule has 0 saturated heterocycles. The lowest BCUT2D eigenvalue weighted by molar-refractivity contribution is 0.402. The maximum Gasteiger partial charge on any atom is 0.142 e. The Morgan fingerprint density at radius 3 is 2.83 bits per heavy atom. The third kappa shape index (κ3) is 2.36. The summed E-state index contributed by atoms with van der Waals surface area (Å²) in [5, 5.41) is 6.10. The highest BCUT2D eigenvalue weighted by Gasteiger charge is 2.22. The number of methoxy groups -OCH3 is 1. The number of pyridine rings is 1. The zero-order valence-electron chi connectivity index (χ0n) is 10.5. The molecule has 2 rings (SSSR count). The van der Waals surface area contributed by atoms with Gasteiger partial charge in [0.05, 0.1) is 18.2 Å². The first-order chi connectivity index (χ1) is 8.69. The third-order valence-electron chi connectivity index (χ3n) is 2.77. The fourth-order valence-corrected chi connectivity index (χ4v) is 3.24. The molecule has 1 atom stereocenters. The Morgan fingerprint density at radius 1 is 1.50 bits per heavy atom. The quantitative estimate of drug-likeness (QED) is 0.933. The van der Waals surface area contributed by atoms with Crippen molar-refractivity contribution >= 4 is 22.9 Å². The van der Waals surface area contributed by atoms with Crippen LogP contribution in [0.5, 0.6) is 5.75 Å². The minimum Gasteiger partial charge on any atom is -0.495 e. The van der Waals surface area contributed by atoms with E-state index in [1.807, 2.05) is 26.1 Å². The van der Waals surface area contributed by atoms with E-state index in [2.05, 4.69) is 15.7 Å². The molecule has 0 aromatic carbocycles. The van der Waals surface area contributed by atoms with E-state index in [-0.39, 0.29) is 6.04 Å². The lowest BCUT2D eigenvalue weighted by atomic mass is 10.1. The van der Waals surface area contributed by atoms with Gasteiger partial charge < -0.3 is 10.1 Å². The van der Waals surface area contributed by atoms with Crippen LogP contribution in [0.4, 0.5) is 0 Å². The number of rotatable bonds is 4. The molecule has 0 amide bonds. The second-order valence-corrected chi connectivity index (χ2v) is 5.20. The molecule has 0 aliphatic carbocycles.